The van der Waals surface area contributed by atoms with E-state index in [1.807, 2.05) is 4.90 Å². The van der Waals surface area contributed by atoms with Crippen molar-refractivity contribution >= 4 is 5.69 Å². The molecule has 0 aromatic heterocycles. The fourth-order valence-electron chi connectivity index (χ4n) is 3.18. The van der Waals surface area contributed by atoms with Crippen molar-refractivity contribution in [3.63, 3.8) is 0 Å². The average Bonchev–Trinajstić information content (AvgIpc) is 2.90. The van der Waals surface area contributed by atoms with Gasteiger partial charge in [0, 0.05) is 18.7 Å². The number of fused-ring (bicyclic) bond motifs is 1. The zero-order valence-electron chi connectivity index (χ0n) is 10.7. The van der Waals surface area contributed by atoms with Crippen LogP contribution in [0.3, 0.4) is 0 Å². The van der Waals surface area contributed by atoms with Crippen molar-refractivity contribution in [2.45, 2.75) is 38.0 Å². The summed E-state index contributed by atoms with van der Waals surface area (Å²) >= 11 is 0. The van der Waals surface area contributed by atoms with E-state index in [4.69, 9.17) is 10.5 Å². The lowest BCUT2D eigenvalue weighted by atomic mass is 10.1. The smallest absolute Gasteiger partial charge is 0.182 e. The number of benzene rings is 1. The highest BCUT2D eigenvalue weighted by Gasteiger charge is 2.37. The number of nitrogens with zero attached hydrogens (tertiary/aromatic N) is 1. The predicted octanol–water partition coefficient (Wildman–Crippen LogP) is 2.18. The van der Waals surface area contributed by atoms with Crippen LogP contribution in [-0.4, -0.2) is 25.3 Å². The molecule has 0 amide bonds. The van der Waals surface area contributed by atoms with Crippen LogP contribution in [0.5, 0.6) is 0 Å². The standard InChI is InChI=1S/C14H18F2N2O/c15-13-9(8-17)4-5-11(14(13)16)18-6-7-19-12-3-1-2-10(12)18/h4-5,10,12H,1-3,6-8,17H2. The maximum absolute atomic E-state index is 14.2. The number of hydrogen-bond acceptors (Lipinski definition) is 3. The summed E-state index contributed by atoms with van der Waals surface area (Å²) in [5, 5.41) is 0. The Hall–Kier alpha value is -1.20. The normalized spacial score (nSPS) is 26.6. The summed E-state index contributed by atoms with van der Waals surface area (Å²) in [6.07, 6.45) is 3.22. The van der Waals surface area contributed by atoms with E-state index in [0.29, 0.717) is 18.8 Å². The van der Waals surface area contributed by atoms with Crippen LogP contribution < -0.4 is 10.6 Å². The quantitative estimate of drug-likeness (QED) is 0.893. The second-order valence-corrected chi connectivity index (χ2v) is 5.18. The van der Waals surface area contributed by atoms with Crippen LogP contribution in [-0.2, 0) is 11.3 Å². The molecule has 1 aliphatic carbocycles. The van der Waals surface area contributed by atoms with Gasteiger partial charge in [0.1, 0.15) is 0 Å². The van der Waals surface area contributed by atoms with Gasteiger partial charge in [0.05, 0.1) is 24.4 Å². The Morgan fingerprint density at radius 1 is 1.26 bits per heavy atom. The van der Waals surface area contributed by atoms with Gasteiger partial charge in [-0.1, -0.05) is 6.07 Å². The first-order valence-electron chi connectivity index (χ1n) is 6.77. The molecule has 2 N–H and O–H groups in total. The molecular formula is C14H18F2N2O. The minimum absolute atomic E-state index is 0.0121. The maximum atomic E-state index is 14.2. The number of ether oxygens (including phenoxy) is 1. The van der Waals surface area contributed by atoms with Gasteiger partial charge in [0.15, 0.2) is 11.6 Å². The van der Waals surface area contributed by atoms with E-state index >= 15 is 0 Å². The van der Waals surface area contributed by atoms with Gasteiger partial charge in [-0.05, 0) is 25.3 Å². The molecule has 1 saturated carbocycles. The third-order valence-corrected chi connectivity index (χ3v) is 4.15. The number of nitrogens with two attached hydrogens (primary N) is 1. The number of hydrogen-bond donors (Lipinski definition) is 1. The fourth-order valence-corrected chi connectivity index (χ4v) is 3.18. The summed E-state index contributed by atoms with van der Waals surface area (Å²) in [6.45, 7) is 1.19. The molecule has 0 spiro atoms. The molecule has 5 heteroatoms. The van der Waals surface area contributed by atoms with Crippen molar-refractivity contribution in [3.8, 4) is 0 Å². The monoisotopic (exact) mass is 268 g/mol. The van der Waals surface area contributed by atoms with E-state index in [-0.39, 0.29) is 24.3 Å². The van der Waals surface area contributed by atoms with Crippen molar-refractivity contribution in [3.05, 3.63) is 29.3 Å². The first-order valence-corrected chi connectivity index (χ1v) is 6.77. The van der Waals surface area contributed by atoms with Gasteiger partial charge in [0.2, 0.25) is 0 Å². The lowest BCUT2D eigenvalue weighted by Gasteiger charge is -2.39. The Morgan fingerprint density at radius 2 is 2.11 bits per heavy atom. The highest BCUT2D eigenvalue weighted by molar-refractivity contribution is 5.51. The first kappa shape index (κ1) is 12.8. The molecule has 1 aromatic carbocycles. The van der Waals surface area contributed by atoms with Gasteiger partial charge < -0.3 is 15.4 Å². The summed E-state index contributed by atoms with van der Waals surface area (Å²) in [7, 11) is 0. The average molecular weight is 268 g/mol. The zero-order valence-corrected chi connectivity index (χ0v) is 10.7. The molecule has 2 fully saturated rings. The topological polar surface area (TPSA) is 38.5 Å². The van der Waals surface area contributed by atoms with E-state index in [0.717, 1.165) is 19.3 Å². The van der Waals surface area contributed by atoms with Crippen LogP contribution in [0.15, 0.2) is 12.1 Å². The van der Waals surface area contributed by atoms with Gasteiger partial charge in [-0.25, -0.2) is 8.78 Å². The molecule has 2 unspecified atom stereocenters. The number of halogens is 2. The van der Waals surface area contributed by atoms with Crippen molar-refractivity contribution in [1.29, 1.82) is 0 Å². The van der Waals surface area contributed by atoms with Crippen molar-refractivity contribution in [2.75, 3.05) is 18.1 Å². The van der Waals surface area contributed by atoms with Crippen LogP contribution in [0.25, 0.3) is 0 Å². The minimum Gasteiger partial charge on any atom is -0.374 e. The molecule has 1 aliphatic heterocycles. The first-order chi connectivity index (χ1) is 9.22. The molecule has 2 aliphatic rings. The molecule has 2 atom stereocenters. The second-order valence-electron chi connectivity index (χ2n) is 5.18. The van der Waals surface area contributed by atoms with Crippen LogP contribution in [0.4, 0.5) is 14.5 Å². The van der Waals surface area contributed by atoms with Gasteiger partial charge >= 0.3 is 0 Å². The van der Waals surface area contributed by atoms with Gasteiger partial charge in [-0.2, -0.15) is 0 Å². The third kappa shape index (κ3) is 2.11. The largest absolute Gasteiger partial charge is 0.374 e. The molecule has 1 heterocycles. The van der Waals surface area contributed by atoms with Gasteiger partial charge in [-0.3, -0.25) is 0 Å². The molecular weight excluding hydrogens is 250 g/mol. The van der Waals surface area contributed by atoms with Crippen LogP contribution in [0.1, 0.15) is 24.8 Å². The van der Waals surface area contributed by atoms with Crippen molar-refractivity contribution in [1.82, 2.24) is 0 Å². The SMILES string of the molecule is NCc1ccc(N2CCOC3CCCC32)c(F)c1F. The van der Waals surface area contributed by atoms with Crippen molar-refractivity contribution in [2.24, 2.45) is 5.73 Å². The number of anilines is 1. The summed E-state index contributed by atoms with van der Waals surface area (Å²) in [4.78, 5) is 1.96. The molecule has 0 radical (unpaired) electrons. The highest BCUT2D eigenvalue weighted by Crippen LogP contribution is 2.35. The molecule has 1 aromatic rings. The van der Waals surface area contributed by atoms with Crippen LogP contribution >= 0.6 is 0 Å². The second kappa shape index (κ2) is 5.06. The maximum Gasteiger partial charge on any atom is 0.182 e. The summed E-state index contributed by atoms with van der Waals surface area (Å²) in [5.74, 6) is -1.60. The van der Waals surface area contributed by atoms with E-state index in [2.05, 4.69) is 0 Å². The number of morpholine rings is 1. The Labute approximate surface area is 111 Å². The molecule has 0 bridgehead atoms. The van der Waals surface area contributed by atoms with Crippen LogP contribution in [0, 0.1) is 11.6 Å². The van der Waals surface area contributed by atoms with Crippen molar-refractivity contribution < 1.29 is 13.5 Å². The molecule has 3 rings (SSSR count). The third-order valence-electron chi connectivity index (χ3n) is 4.15. The Morgan fingerprint density at radius 3 is 2.89 bits per heavy atom. The van der Waals surface area contributed by atoms with E-state index in [1.165, 1.54) is 0 Å². The van der Waals surface area contributed by atoms with E-state index < -0.39 is 11.6 Å². The summed E-state index contributed by atoms with van der Waals surface area (Å²) in [5.41, 5.74) is 5.96. The lowest BCUT2D eigenvalue weighted by molar-refractivity contribution is 0.0253. The molecule has 1 saturated heterocycles. The Kier molecular flexibility index (Phi) is 3.41. The van der Waals surface area contributed by atoms with Crippen LogP contribution in [0.2, 0.25) is 0 Å². The molecule has 19 heavy (non-hydrogen) atoms. The van der Waals surface area contributed by atoms with Gasteiger partial charge in [-0.15, -0.1) is 0 Å². The highest BCUT2D eigenvalue weighted by atomic mass is 19.2. The van der Waals surface area contributed by atoms with Gasteiger partial charge in [0.25, 0.3) is 0 Å². The molecule has 3 nitrogen and oxygen atoms in total. The minimum atomic E-state index is -0.818. The predicted molar refractivity (Wildman–Crippen MR) is 69.0 cm³/mol. The zero-order chi connectivity index (χ0) is 13.4. The van der Waals surface area contributed by atoms with E-state index in [9.17, 15) is 8.78 Å². The summed E-state index contributed by atoms with van der Waals surface area (Å²) in [6, 6.07) is 3.39. The number of rotatable bonds is 2. The fraction of sp³-hybridized carbons (Fsp3) is 0.571. The van der Waals surface area contributed by atoms with E-state index in [1.54, 1.807) is 12.1 Å². The molecule has 104 valence electrons. The lowest BCUT2D eigenvalue weighted by Crippen LogP contribution is -2.49. The Balaban J connectivity index is 1.95. The summed E-state index contributed by atoms with van der Waals surface area (Å²) < 4.78 is 33.7. The Bertz CT molecular complexity index is 481.